The summed E-state index contributed by atoms with van der Waals surface area (Å²) in [6.07, 6.45) is 5.58. The first-order chi connectivity index (χ1) is 7.73. The second-order valence-corrected chi connectivity index (χ2v) is 5.12. The summed E-state index contributed by atoms with van der Waals surface area (Å²) in [6, 6.07) is 0. The minimum absolute atomic E-state index is 0.298. The van der Waals surface area contributed by atoms with Gasteiger partial charge in [-0.25, -0.2) is 0 Å². The summed E-state index contributed by atoms with van der Waals surface area (Å²) in [4.78, 5) is 0. The maximum atomic E-state index is 6.26. The van der Waals surface area contributed by atoms with Crippen LogP contribution >= 0.6 is 0 Å². The number of allylic oxidation sites excluding steroid dienone is 4. The Hall–Kier alpha value is -1.42. The number of rotatable bonds is 4. The lowest BCUT2D eigenvalue weighted by Crippen LogP contribution is -2.14. The fraction of sp³-hybridized carbons (Fsp3) is 0.500. The van der Waals surface area contributed by atoms with E-state index in [-0.39, 0.29) is 0 Å². The molecule has 0 fully saturated rings. The van der Waals surface area contributed by atoms with Crippen molar-refractivity contribution in [2.24, 2.45) is 17.6 Å². The van der Waals surface area contributed by atoms with Crippen LogP contribution in [0.1, 0.15) is 41.5 Å². The second-order valence-electron chi connectivity index (χ2n) is 5.12. The molecule has 0 unspecified atom stereocenters. The minimum atomic E-state index is 0.298. The molecule has 0 aliphatic carbocycles. The maximum Gasteiger partial charge on any atom is 0.0353 e. The van der Waals surface area contributed by atoms with Crippen molar-refractivity contribution in [1.82, 2.24) is 0 Å². The monoisotopic (exact) mass is 231 g/mol. The molecule has 17 heavy (non-hydrogen) atoms. The predicted octanol–water partition coefficient (Wildman–Crippen LogP) is 4.04. The van der Waals surface area contributed by atoms with E-state index in [4.69, 9.17) is 12.2 Å². The third-order valence-corrected chi connectivity index (χ3v) is 3.00. The van der Waals surface area contributed by atoms with E-state index in [1.54, 1.807) is 0 Å². The van der Waals surface area contributed by atoms with Gasteiger partial charge in [0.05, 0.1) is 0 Å². The van der Waals surface area contributed by atoms with Crippen LogP contribution in [0.4, 0.5) is 0 Å². The summed E-state index contributed by atoms with van der Waals surface area (Å²) in [5.74, 6) is 3.45. The minimum Gasteiger partial charge on any atom is -0.398 e. The summed E-state index contributed by atoms with van der Waals surface area (Å²) < 4.78 is 0. The molecule has 0 saturated carbocycles. The Morgan fingerprint density at radius 3 is 1.82 bits per heavy atom. The quantitative estimate of drug-likeness (QED) is 0.573. The number of hydrogen-bond acceptors (Lipinski definition) is 1. The predicted molar refractivity (Wildman–Crippen MR) is 77.2 cm³/mol. The number of terminal acetylenes is 1. The van der Waals surface area contributed by atoms with Gasteiger partial charge in [-0.3, -0.25) is 0 Å². The zero-order valence-electron chi connectivity index (χ0n) is 12.0. The standard InChI is InChI=1S/C16H25N/c1-9-14(11(4)5)15(12(6)7)16(17)13(8)10(2)3/h1,10,12H,4,17H2,2-3,5-8H3/b15-14-,16-13-. The molecule has 1 heteroatoms. The highest BCUT2D eigenvalue weighted by atomic mass is 14.6. The molecule has 2 N–H and O–H groups in total. The molecule has 0 saturated heterocycles. The summed E-state index contributed by atoms with van der Waals surface area (Å²) in [6.45, 7) is 16.4. The molecule has 94 valence electrons. The van der Waals surface area contributed by atoms with Crippen LogP contribution in [0.15, 0.2) is 34.6 Å². The molecule has 0 atom stereocenters. The molecule has 0 aromatic heterocycles. The van der Waals surface area contributed by atoms with Crippen LogP contribution in [0.25, 0.3) is 0 Å². The van der Waals surface area contributed by atoms with E-state index in [2.05, 4.69) is 47.1 Å². The second kappa shape index (κ2) is 6.35. The van der Waals surface area contributed by atoms with Gasteiger partial charge < -0.3 is 5.73 Å². The molecule has 0 aliphatic heterocycles. The van der Waals surface area contributed by atoms with Crippen LogP contribution in [0.3, 0.4) is 0 Å². The van der Waals surface area contributed by atoms with Crippen molar-refractivity contribution in [1.29, 1.82) is 0 Å². The lowest BCUT2D eigenvalue weighted by atomic mass is 9.88. The Labute approximate surface area is 106 Å². The fourth-order valence-electron chi connectivity index (χ4n) is 1.69. The maximum absolute atomic E-state index is 6.26. The summed E-state index contributed by atoms with van der Waals surface area (Å²) in [5.41, 5.74) is 11.1. The SMILES string of the molecule is C#C/C(C(=C)C)=C(/C(N)=C(\C)C(C)C)C(C)C. The summed E-state index contributed by atoms with van der Waals surface area (Å²) in [5, 5.41) is 0. The Bertz CT molecular complexity index is 398. The van der Waals surface area contributed by atoms with Crippen LogP contribution in [0.2, 0.25) is 0 Å². The van der Waals surface area contributed by atoms with Crippen molar-refractivity contribution >= 4 is 0 Å². The van der Waals surface area contributed by atoms with Crippen molar-refractivity contribution in [3.63, 3.8) is 0 Å². The Kier molecular flexibility index (Phi) is 5.82. The van der Waals surface area contributed by atoms with E-state index in [9.17, 15) is 0 Å². The van der Waals surface area contributed by atoms with Crippen LogP contribution in [-0.2, 0) is 0 Å². The molecule has 0 bridgehead atoms. The molecule has 0 aromatic rings. The smallest absolute Gasteiger partial charge is 0.0353 e. The number of nitrogens with two attached hydrogens (primary N) is 1. The van der Waals surface area contributed by atoms with Gasteiger partial charge in [-0.05, 0) is 42.4 Å². The average molecular weight is 231 g/mol. The van der Waals surface area contributed by atoms with Gasteiger partial charge in [0.15, 0.2) is 0 Å². The third kappa shape index (κ3) is 3.82. The fourth-order valence-corrected chi connectivity index (χ4v) is 1.69. The van der Waals surface area contributed by atoms with E-state index in [1.807, 2.05) is 6.92 Å². The van der Waals surface area contributed by atoms with E-state index >= 15 is 0 Å². The first-order valence-corrected chi connectivity index (χ1v) is 6.07. The lowest BCUT2D eigenvalue weighted by molar-refractivity contribution is 0.723. The van der Waals surface area contributed by atoms with Crippen LogP contribution in [0, 0.1) is 24.2 Å². The highest BCUT2D eigenvalue weighted by Crippen LogP contribution is 2.27. The highest BCUT2D eigenvalue weighted by Gasteiger charge is 2.16. The third-order valence-electron chi connectivity index (χ3n) is 3.00. The average Bonchev–Trinajstić information content (AvgIpc) is 2.22. The molecule has 0 heterocycles. The summed E-state index contributed by atoms with van der Waals surface area (Å²) >= 11 is 0. The topological polar surface area (TPSA) is 26.0 Å². The Morgan fingerprint density at radius 1 is 1.12 bits per heavy atom. The first kappa shape index (κ1) is 15.6. The zero-order chi connectivity index (χ0) is 13.7. The highest BCUT2D eigenvalue weighted by molar-refractivity contribution is 5.53. The van der Waals surface area contributed by atoms with E-state index < -0.39 is 0 Å². The molecular formula is C16H25N. The normalized spacial score (nSPS) is 14.3. The van der Waals surface area contributed by atoms with E-state index in [0.717, 1.165) is 22.4 Å². The van der Waals surface area contributed by atoms with Crippen molar-refractivity contribution in [3.8, 4) is 12.3 Å². The van der Waals surface area contributed by atoms with Gasteiger partial charge in [0.2, 0.25) is 0 Å². The molecule has 0 spiro atoms. The Morgan fingerprint density at radius 2 is 1.59 bits per heavy atom. The van der Waals surface area contributed by atoms with Gasteiger partial charge in [-0.1, -0.05) is 40.2 Å². The number of hydrogen-bond donors (Lipinski definition) is 1. The van der Waals surface area contributed by atoms with Gasteiger partial charge in [-0.2, -0.15) is 0 Å². The first-order valence-electron chi connectivity index (χ1n) is 6.07. The molecule has 0 aromatic carbocycles. The van der Waals surface area contributed by atoms with Gasteiger partial charge in [0.25, 0.3) is 0 Å². The van der Waals surface area contributed by atoms with E-state index in [1.165, 1.54) is 5.57 Å². The Balaban J connectivity index is 5.98. The van der Waals surface area contributed by atoms with Gasteiger partial charge in [0.1, 0.15) is 0 Å². The van der Waals surface area contributed by atoms with Crippen molar-refractivity contribution in [2.45, 2.75) is 41.5 Å². The van der Waals surface area contributed by atoms with Crippen LogP contribution < -0.4 is 5.73 Å². The molecule has 1 nitrogen and oxygen atoms in total. The lowest BCUT2D eigenvalue weighted by Gasteiger charge is -2.20. The van der Waals surface area contributed by atoms with Crippen LogP contribution in [0.5, 0.6) is 0 Å². The molecule has 0 radical (unpaired) electrons. The van der Waals surface area contributed by atoms with Gasteiger partial charge in [0, 0.05) is 11.3 Å². The molecular weight excluding hydrogens is 206 g/mol. The molecule has 0 aliphatic rings. The molecule has 0 amide bonds. The van der Waals surface area contributed by atoms with Gasteiger partial charge in [-0.15, -0.1) is 6.42 Å². The summed E-state index contributed by atoms with van der Waals surface area (Å²) in [7, 11) is 0. The van der Waals surface area contributed by atoms with Crippen molar-refractivity contribution in [3.05, 3.63) is 34.6 Å². The zero-order valence-corrected chi connectivity index (χ0v) is 12.0. The van der Waals surface area contributed by atoms with E-state index in [0.29, 0.717) is 11.8 Å². The van der Waals surface area contributed by atoms with Gasteiger partial charge >= 0.3 is 0 Å². The van der Waals surface area contributed by atoms with Crippen LogP contribution in [-0.4, -0.2) is 0 Å². The van der Waals surface area contributed by atoms with Crippen molar-refractivity contribution < 1.29 is 0 Å². The van der Waals surface area contributed by atoms with Crippen molar-refractivity contribution in [2.75, 3.05) is 0 Å². The largest absolute Gasteiger partial charge is 0.398 e. The molecule has 0 rings (SSSR count).